The normalized spacial score (nSPS) is 11.0. The Balaban J connectivity index is 1.55. The van der Waals surface area contributed by atoms with Gasteiger partial charge in [-0.15, -0.1) is 11.3 Å². The molecule has 0 amide bonds. The number of nitrogens with zero attached hydrogens (tertiary/aromatic N) is 4. The van der Waals surface area contributed by atoms with E-state index < -0.39 is 0 Å². The number of ether oxygens (including phenoxy) is 1. The monoisotopic (exact) mass is 467 g/mol. The Hall–Kier alpha value is -3.84. The van der Waals surface area contributed by atoms with Crippen molar-refractivity contribution in [1.82, 2.24) is 19.9 Å². The molecule has 1 aromatic carbocycles. The molecule has 0 saturated heterocycles. The van der Waals surface area contributed by atoms with Crippen LogP contribution in [0.1, 0.15) is 16.9 Å². The van der Waals surface area contributed by atoms with Crippen molar-refractivity contribution in [3.8, 4) is 28.3 Å². The van der Waals surface area contributed by atoms with Gasteiger partial charge >= 0.3 is 0 Å². The first-order valence-corrected chi connectivity index (χ1v) is 12.0. The van der Waals surface area contributed by atoms with E-state index in [1.165, 1.54) is 5.56 Å². The van der Waals surface area contributed by atoms with Crippen LogP contribution in [0.25, 0.3) is 32.7 Å². The van der Waals surface area contributed by atoms with E-state index in [-0.39, 0.29) is 0 Å². The molecule has 5 aromatic rings. The molecule has 5 rings (SSSR count). The van der Waals surface area contributed by atoms with Crippen molar-refractivity contribution in [2.24, 2.45) is 0 Å². The summed E-state index contributed by atoms with van der Waals surface area (Å²) in [5, 5.41) is 3.59. The van der Waals surface area contributed by atoms with Crippen LogP contribution in [0.3, 0.4) is 0 Å². The number of nitrogens with one attached hydrogen (secondary N) is 1. The van der Waals surface area contributed by atoms with Crippen molar-refractivity contribution in [2.75, 3.05) is 19.0 Å². The third-order valence-electron chi connectivity index (χ3n) is 5.70. The van der Waals surface area contributed by atoms with E-state index in [2.05, 4.69) is 52.5 Å². The smallest absolute Gasteiger partial charge is 0.162 e. The lowest BCUT2D eigenvalue weighted by atomic mass is 10.1. The fourth-order valence-corrected chi connectivity index (χ4v) is 5.12. The number of fused-ring (bicyclic) bond motifs is 1. The van der Waals surface area contributed by atoms with Gasteiger partial charge in [0.05, 0.1) is 23.5 Å². The summed E-state index contributed by atoms with van der Waals surface area (Å²) < 4.78 is 6.66. The summed E-state index contributed by atoms with van der Waals surface area (Å²) in [5.74, 6) is 2.26. The number of aromatic nitrogens is 4. The fourth-order valence-electron chi connectivity index (χ4n) is 4.05. The van der Waals surface area contributed by atoms with E-state index in [1.807, 2.05) is 18.2 Å². The van der Waals surface area contributed by atoms with Crippen molar-refractivity contribution in [1.29, 1.82) is 0 Å². The number of aryl methyl sites for hydroxylation is 2. The average molecular weight is 468 g/mol. The summed E-state index contributed by atoms with van der Waals surface area (Å²) in [4.78, 5) is 19.5. The summed E-state index contributed by atoms with van der Waals surface area (Å²) in [6, 6.07) is 16.4. The molecule has 0 bridgehead atoms. The second-order valence-corrected chi connectivity index (χ2v) is 9.16. The van der Waals surface area contributed by atoms with Crippen LogP contribution in [-0.2, 0) is 6.42 Å². The van der Waals surface area contributed by atoms with Gasteiger partial charge in [-0.05, 0) is 43.5 Å². The number of benzene rings is 1. The van der Waals surface area contributed by atoms with E-state index in [1.54, 1.807) is 43.2 Å². The molecular weight excluding hydrogens is 442 g/mol. The van der Waals surface area contributed by atoms with Gasteiger partial charge in [0.25, 0.3) is 0 Å². The lowest BCUT2D eigenvalue weighted by Gasteiger charge is -2.11. The van der Waals surface area contributed by atoms with E-state index in [9.17, 15) is 0 Å². The molecule has 4 heterocycles. The minimum atomic E-state index is 0.674. The molecule has 4 aromatic heterocycles. The van der Waals surface area contributed by atoms with Crippen molar-refractivity contribution in [3.63, 3.8) is 0 Å². The molecule has 6 nitrogen and oxygen atoms in total. The second-order valence-electron chi connectivity index (χ2n) is 7.93. The fraction of sp³-hybridized carbons (Fsp3) is 0.185. The zero-order valence-corrected chi connectivity index (χ0v) is 20.0. The summed E-state index contributed by atoms with van der Waals surface area (Å²) in [6.45, 7) is 2.94. The van der Waals surface area contributed by atoms with Crippen molar-refractivity contribution in [3.05, 3.63) is 83.8 Å². The maximum absolute atomic E-state index is 5.61. The Kier molecular flexibility index (Phi) is 6.44. The third kappa shape index (κ3) is 4.47. The topological polar surface area (TPSA) is 72.8 Å². The zero-order valence-electron chi connectivity index (χ0n) is 19.2. The van der Waals surface area contributed by atoms with Crippen molar-refractivity contribution in [2.45, 2.75) is 19.8 Å². The predicted molar refractivity (Wildman–Crippen MR) is 138 cm³/mol. The molecule has 0 aliphatic heterocycles. The van der Waals surface area contributed by atoms with E-state index in [0.717, 1.165) is 62.7 Å². The molecule has 170 valence electrons. The number of thiophene rings is 1. The van der Waals surface area contributed by atoms with E-state index in [0.29, 0.717) is 5.82 Å². The lowest BCUT2D eigenvalue weighted by molar-refractivity contribution is 0.414. The summed E-state index contributed by atoms with van der Waals surface area (Å²) in [7, 11) is 1.67. The Morgan fingerprint density at radius 2 is 1.74 bits per heavy atom. The first kappa shape index (κ1) is 22.0. The van der Waals surface area contributed by atoms with Gasteiger partial charge in [-0.2, -0.15) is 0 Å². The van der Waals surface area contributed by atoms with Gasteiger partial charge < -0.3 is 10.1 Å². The molecule has 0 aliphatic carbocycles. The zero-order chi connectivity index (χ0) is 23.3. The molecule has 7 heteroatoms. The van der Waals surface area contributed by atoms with Crippen LogP contribution < -0.4 is 10.1 Å². The maximum Gasteiger partial charge on any atom is 0.162 e. The number of hydrogen-bond donors (Lipinski definition) is 1. The summed E-state index contributed by atoms with van der Waals surface area (Å²) in [5.41, 5.74) is 5.23. The van der Waals surface area contributed by atoms with Crippen LogP contribution >= 0.6 is 11.3 Å². The van der Waals surface area contributed by atoms with Crippen LogP contribution in [0, 0.1) is 6.92 Å². The maximum atomic E-state index is 5.61. The first-order valence-electron chi connectivity index (χ1n) is 11.2. The first-order chi connectivity index (χ1) is 16.7. The number of rotatable bonds is 8. The van der Waals surface area contributed by atoms with E-state index in [4.69, 9.17) is 14.7 Å². The highest BCUT2D eigenvalue weighted by Gasteiger charge is 2.21. The average Bonchev–Trinajstić information content (AvgIpc) is 3.23. The van der Waals surface area contributed by atoms with Gasteiger partial charge in [0, 0.05) is 46.7 Å². The highest BCUT2D eigenvalue weighted by Crippen LogP contribution is 2.43. The molecule has 0 atom stereocenters. The summed E-state index contributed by atoms with van der Waals surface area (Å²) in [6.07, 6.45) is 9.08. The van der Waals surface area contributed by atoms with Crippen LogP contribution in [0.5, 0.6) is 5.75 Å². The van der Waals surface area contributed by atoms with Crippen molar-refractivity contribution < 1.29 is 4.74 Å². The quantitative estimate of drug-likeness (QED) is 0.275. The van der Waals surface area contributed by atoms with Gasteiger partial charge in [0.2, 0.25) is 0 Å². The molecule has 0 radical (unpaired) electrons. The van der Waals surface area contributed by atoms with Crippen molar-refractivity contribution >= 4 is 27.4 Å². The number of hydrogen-bond acceptors (Lipinski definition) is 7. The van der Waals surface area contributed by atoms with E-state index >= 15 is 0 Å². The molecule has 0 spiro atoms. The molecular formula is C27H25N5OS. The minimum absolute atomic E-state index is 0.674. The second kappa shape index (κ2) is 9.97. The Labute approximate surface area is 202 Å². The molecule has 0 fully saturated rings. The van der Waals surface area contributed by atoms with Gasteiger partial charge in [0.15, 0.2) is 5.82 Å². The Morgan fingerprint density at radius 1 is 0.941 bits per heavy atom. The highest BCUT2D eigenvalue weighted by atomic mass is 32.1. The lowest BCUT2D eigenvalue weighted by Crippen LogP contribution is -2.06. The molecule has 1 N–H and O–H groups in total. The standard InChI is InChI=1S/C27H25N5OS/c1-18-23(21-12-16-29-17-22(21)33-2)24-25(34-18)27(30-13-6-9-19-7-4-3-5-8-19)32-26(31-24)20-10-14-28-15-11-20/h3-5,7-8,10-12,14-17H,6,9,13H2,1-2H3,(H,30,31,32). The molecule has 0 aliphatic rings. The molecule has 0 saturated carbocycles. The largest absolute Gasteiger partial charge is 0.494 e. The summed E-state index contributed by atoms with van der Waals surface area (Å²) >= 11 is 1.70. The van der Waals surface area contributed by atoms with Crippen LogP contribution in [0.4, 0.5) is 5.82 Å². The van der Waals surface area contributed by atoms with Gasteiger partial charge in [-0.3, -0.25) is 9.97 Å². The number of anilines is 1. The SMILES string of the molecule is COc1cnccc1-c1c(C)sc2c(NCCCc3ccccc3)nc(-c3ccncc3)nc12. The highest BCUT2D eigenvalue weighted by molar-refractivity contribution is 7.20. The van der Waals surface area contributed by atoms with Gasteiger partial charge in [0.1, 0.15) is 11.6 Å². The van der Waals surface area contributed by atoms with Gasteiger partial charge in [-0.25, -0.2) is 9.97 Å². The molecule has 34 heavy (non-hydrogen) atoms. The third-order valence-corrected chi connectivity index (χ3v) is 6.80. The number of pyridine rings is 2. The van der Waals surface area contributed by atoms with Crippen LogP contribution in [-0.4, -0.2) is 33.6 Å². The van der Waals surface area contributed by atoms with Gasteiger partial charge in [-0.1, -0.05) is 30.3 Å². The predicted octanol–water partition coefficient (Wildman–Crippen LogP) is 6.18. The minimum Gasteiger partial charge on any atom is -0.494 e. The van der Waals surface area contributed by atoms with Crippen LogP contribution in [0.2, 0.25) is 0 Å². The Bertz CT molecular complexity index is 1400. The number of methoxy groups -OCH3 is 1. The molecule has 0 unspecified atom stereocenters. The van der Waals surface area contributed by atoms with Crippen LogP contribution in [0.15, 0.2) is 73.3 Å². The Morgan fingerprint density at radius 3 is 2.53 bits per heavy atom.